The van der Waals surface area contributed by atoms with Gasteiger partial charge in [0.25, 0.3) is 5.91 Å². The van der Waals surface area contributed by atoms with Crippen molar-refractivity contribution < 1.29 is 9.53 Å². The van der Waals surface area contributed by atoms with Gasteiger partial charge in [-0.2, -0.15) is 0 Å². The number of carbonyl (C=O) groups excluding carboxylic acids is 1. The van der Waals surface area contributed by atoms with Gasteiger partial charge in [-0.15, -0.1) is 0 Å². The average molecular weight is 229 g/mol. The lowest BCUT2D eigenvalue weighted by Gasteiger charge is -2.04. The number of carbonyl (C=O) groups is 1. The van der Waals surface area contributed by atoms with Gasteiger partial charge in [0.2, 0.25) is 5.88 Å². The van der Waals surface area contributed by atoms with Crippen LogP contribution in [0.2, 0.25) is 0 Å². The zero-order chi connectivity index (χ0) is 12.1. The molecule has 5 nitrogen and oxygen atoms in total. The van der Waals surface area contributed by atoms with Crippen molar-refractivity contribution in [1.29, 1.82) is 0 Å². The number of anilines is 1. The van der Waals surface area contributed by atoms with Crippen molar-refractivity contribution in [3.8, 4) is 5.88 Å². The molecule has 0 spiro atoms. The molecule has 0 saturated carbocycles. The van der Waals surface area contributed by atoms with Crippen LogP contribution >= 0.6 is 0 Å². The molecule has 0 atom stereocenters. The Morgan fingerprint density at radius 2 is 2.12 bits per heavy atom. The maximum Gasteiger partial charge on any atom is 0.274 e. The number of nitrogens with one attached hydrogen (secondary N) is 1. The molecule has 0 aliphatic heterocycles. The van der Waals surface area contributed by atoms with Gasteiger partial charge in [-0.05, 0) is 18.2 Å². The number of pyridine rings is 2. The van der Waals surface area contributed by atoms with E-state index in [0.29, 0.717) is 17.3 Å². The van der Waals surface area contributed by atoms with Crippen LogP contribution in [0, 0.1) is 0 Å². The molecule has 5 heteroatoms. The fraction of sp³-hybridized carbons (Fsp3) is 0.0833. The minimum atomic E-state index is -0.266. The smallest absolute Gasteiger partial charge is 0.274 e. The highest BCUT2D eigenvalue weighted by Crippen LogP contribution is 2.11. The van der Waals surface area contributed by atoms with E-state index >= 15 is 0 Å². The molecule has 2 aromatic heterocycles. The Kier molecular flexibility index (Phi) is 3.30. The summed E-state index contributed by atoms with van der Waals surface area (Å²) in [4.78, 5) is 19.7. The van der Waals surface area contributed by atoms with Crippen molar-refractivity contribution in [2.24, 2.45) is 0 Å². The van der Waals surface area contributed by atoms with Gasteiger partial charge in [-0.3, -0.25) is 9.78 Å². The normalized spacial score (nSPS) is 9.71. The Morgan fingerprint density at radius 3 is 2.71 bits per heavy atom. The van der Waals surface area contributed by atoms with E-state index in [-0.39, 0.29) is 5.91 Å². The number of hydrogen-bond donors (Lipinski definition) is 1. The summed E-state index contributed by atoms with van der Waals surface area (Å²) >= 11 is 0. The second-order valence-electron chi connectivity index (χ2n) is 3.26. The Bertz CT molecular complexity index is 497. The van der Waals surface area contributed by atoms with E-state index in [9.17, 15) is 4.79 Å². The van der Waals surface area contributed by atoms with Crippen LogP contribution in [-0.2, 0) is 0 Å². The van der Waals surface area contributed by atoms with E-state index in [1.807, 2.05) is 0 Å². The van der Waals surface area contributed by atoms with Crippen LogP contribution in [0.15, 0.2) is 42.7 Å². The molecule has 1 amide bonds. The number of nitrogens with zero attached hydrogens (tertiary/aromatic N) is 2. The van der Waals surface area contributed by atoms with Gasteiger partial charge in [-0.1, -0.05) is 6.07 Å². The first-order valence-electron chi connectivity index (χ1n) is 5.02. The first-order valence-corrected chi connectivity index (χ1v) is 5.02. The predicted molar refractivity (Wildman–Crippen MR) is 63.0 cm³/mol. The van der Waals surface area contributed by atoms with Gasteiger partial charge in [-0.25, -0.2) is 4.98 Å². The van der Waals surface area contributed by atoms with Gasteiger partial charge in [0.1, 0.15) is 5.69 Å². The first kappa shape index (κ1) is 11.1. The lowest BCUT2D eigenvalue weighted by Crippen LogP contribution is -2.13. The summed E-state index contributed by atoms with van der Waals surface area (Å²) in [7, 11) is 1.54. The molecule has 1 N–H and O–H groups in total. The summed E-state index contributed by atoms with van der Waals surface area (Å²) in [6.45, 7) is 0. The van der Waals surface area contributed by atoms with Crippen molar-refractivity contribution in [3.63, 3.8) is 0 Å². The molecule has 0 aromatic carbocycles. The van der Waals surface area contributed by atoms with Crippen molar-refractivity contribution in [3.05, 3.63) is 48.4 Å². The van der Waals surface area contributed by atoms with Crippen LogP contribution in [-0.4, -0.2) is 23.0 Å². The Morgan fingerprint density at radius 1 is 1.24 bits per heavy atom. The van der Waals surface area contributed by atoms with Crippen molar-refractivity contribution in [2.45, 2.75) is 0 Å². The molecular weight excluding hydrogens is 218 g/mol. The maximum atomic E-state index is 11.7. The van der Waals surface area contributed by atoms with E-state index in [0.717, 1.165) is 0 Å². The van der Waals surface area contributed by atoms with Crippen LogP contribution in [0.25, 0.3) is 0 Å². The number of ether oxygens (including phenoxy) is 1. The van der Waals surface area contributed by atoms with E-state index in [4.69, 9.17) is 4.74 Å². The van der Waals surface area contributed by atoms with Crippen molar-refractivity contribution in [1.82, 2.24) is 9.97 Å². The van der Waals surface area contributed by atoms with Crippen molar-refractivity contribution in [2.75, 3.05) is 12.4 Å². The van der Waals surface area contributed by atoms with Gasteiger partial charge < -0.3 is 10.1 Å². The van der Waals surface area contributed by atoms with Crippen LogP contribution in [0.3, 0.4) is 0 Å². The Labute approximate surface area is 98.5 Å². The number of aromatic nitrogens is 2. The van der Waals surface area contributed by atoms with Gasteiger partial charge in [0, 0.05) is 12.3 Å². The highest BCUT2D eigenvalue weighted by molar-refractivity contribution is 6.02. The monoisotopic (exact) mass is 229 g/mol. The Hall–Kier alpha value is -2.43. The van der Waals surface area contributed by atoms with Gasteiger partial charge >= 0.3 is 0 Å². The second-order valence-corrected chi connectivity index (χ2v) is 3.26. The number of hydrogen-bond acceptors (Lipinski definition) is 4. The summed E-state index contributed by atoms with van der Waals surface area (Å²) in [6, 6.07) is 8.55. The highest BCUT2D eigenvalue weighted by atomic mass is 16.5. The number of rotatable bonds is 3. The van der Waals surface area contributed by atoms with Crippen molar-refractivity contribution >= 4 is 11.6 Å². The molecule has 86 valence electrons. The van der Waals surface area contributed by atoms with E-state index in [1.165, 1.54) is 13.3 Å². The average Bonchev–Trinajstić information content (AvgIpc) is 2.40. The SMILES string of the molecule is COc1ccc(NC(=O)c2ccccn2)cn1. The molecule has 0 unspecified atom stereocenters. The van der Waals surface area contributed by atoms with E-state index in [1.54, 1.807) is 36.5 Å². The summed E-state index contributed by atoms with van der Waals surface area (Å²) in [5, 5.41) is 2.69. The molecule has 0 aliphatic rings. The van der Waals surface area contributed by atoms with E-state index in [2.05, 4.69) is 15.3 Å². The summed E-state index contributed by atoms with van der Waals surface area (Å²) in [5.41, 5.74) is 0.963. The number of amides is 1. The zero-order valence-corrected chi connectivity index (χ0v) is 9.25. The van der Waals surface area contributed by atoms with Crippen LogP contribution < -0.4 is 10.1 Å². The third-order valence-electron chi connectivity index (χ3n) is 2.10. The molecule has 0 bridgehead atoms. The molecule has 0 saturated heterocycles. The summed E-state index contributed by atoms with van der Waals surface area (Å²) < 4.78 is 4.92. The molecule has 2 rings (SSSR count). The molecule has 2 aromatic rings. The quantitative estimate of drug-likeness (QED) is 0.870. The molecular formula is C12H11N3O2. The lowest BCUT2D eigenvalue weighted by molar-refractivity contribution is 0.102. The molecule has 17 heavy (non-hydrogen) atoms. The lowest BCUT2D eigenvalue weighted by atomic mass is 10.3. The predicted octanol–water partition coefficient (Wildman–Crippen LogP) is 1.74. The van der Waals surface area contributed by atoms with Crippen LogP contribution in [0.4, 0.5) is 5.69 Å². The molecule has 2 heterocycles. The third-order valence-corrected chi connectivity index (χ3v) is 2.10. The van der Waals surface area contributed by atoms with Gasteiger partial charge in [0.15, 0.2) is 0 Å². The zero-order valence-electron chi connectivity index (χ0n) is 9.25. The van der Waals surface area contributed by atoms with Crippen LogP contribution in [0.5, 0.6) is 5.88 Å². The highest BCUT2D eigenvalue weighted by Gasteiger charge is 2.06. The fourth-order valence-electron chi connectivity index (χ4n) is 1.27. The maximum absolute atomic E-state index is 11.7. The second kappa shape index (κ2) is 5.07. The summed E-state index contributed by atoms with van der Waals surface area (Å²) in [5.74, 6) is 0.235. The Balaban J connectivity index is 2.08. The molecule has 0 fully saturated rings. The van der Waals surface area contributed by atoms with Gasteiger partial charge in [0.05, 0.1) is 19.0 Å². The number of methoxy groups -OCH3 is 1. The van der Waals surface area contributed by atoms with Crippen LogP contribution in [0.1, 0.15) is 10.5 Å². The summed E-state index contributed by atoms with van der Waals surface area (Å²) in [6.07, 6.45) is 3.10. The standard InChI is InChI=1S/C12H11N3O2/c1-17-11-6-5-9(8-14-11)15-12(16)10-4-2-3-7-13-10/h2-8H,1H3,(H,15,16). The molecule has 0 radical (unpaired) electrons. The molecule has 0 aliphatic carbocycles. The first-order chi connectivity index (χ1) is 8.29. The largest absolute Gasteiger partial charge is 0.481 e. The topological polar surface area (TPSA) is 64.1 Å². The minimum absolute atomic E-state index is 0.266. The van der Waals surface area contributed by atoms with E-state index < -0.39 is 0 Å². The fourth-order valence-corrected chi connectivity index (χ4v) is 1.27. The minimum Gasteiger partial charge on any atom is -0.481 e. The third kappa shape index (κ3) is 2.78.